The maximum absolute atomic E-state index is 9.37. The van der Waals surface area contributed by atoms with Gasteiger partial charge in [0, 0.05) is 6.42 Å². The van der Waals surface area contributed by atoms with Crippen molar-refractivity contribution in [1.29, 1.82) is 0 Å². The van der Waals surface area contributed by atoms with Crippen LogP contribution in [0.15, 0.2) is 23.3 Å². The van der Waals surface area contributed by atoms with Crippen LogP contribution in [0, 0.1) is 0 Å². The van der Waals surface area contributed by atoms with Crippen LogP contribution in [0.4, 0.5) is 0 Å². The van der Waals surface area contributed by atoms with Gasteiger partial charge in [0.25, 0.3) is 0 Å². The van der Waals surface area contributed by atoms with Crippen molar-refractivity contribution in [2.24, 2.45) is 0 Å². The van der Waals surface area contributed by atoms with Gasteiger partial charge in [0.15, 0.2) is 0 Å². The Balaban J connectivity index is 0. The molecular formula is C13H24O3. The van der Waals surface area contributed by atoms with Crippen LogP contribution in [-0.2, 0) is 4.79 Å². The lowest BCUT2D eigenvalue weighted by molar-refractivity contribution is -0.136. The predicted octanol–water partition coefficient (Wildman–Crippen LogP) is 3.15. The Morgan fingerprint density at radius 2 is 1.69 bits per heavy atom. The zero-order chi connectivity index (χ0) is 13.0. The van der Waals surface area contributed by atoms with Crippen LogP contribution in [-0.4, -0.2) is 22.8 Å². The monoisotopic (exact) mass is 228 g/mol. The molecule has 0 rings (SSSR count). The average molecular weight is 228 g/mol. The van der Waals surface area contributed by atoms with Crippen LogP contribution in [0.25, 0.3) is 0 Å². The third-order valence-corrected chi connectivity index (χ3v) is 1.83. The zero-order valence-corrected chi connectivity index (χ0v) is 10.8. The third-order valence-electron chi connectivity index (χ3n) is 1.83. The predicted molar refractivity (Wildman–Crippen MR) is 67.4 cm³/mol. The molecular weight excluding hydrogens is 204 g/mol. The quantitative estimate of drug-likeness (QED) is 0.711. The molecule has 16 heavy (non-hydrogen) atoms. The molecule has 0 aromatic carbocycles. The second-order valence-electron chi connectivity index (χ2n) is 3.80. The highest BCUT2D eigenvalue weighted by molar-refractivity contribution is 5.66. The van der Waals surface area contributed by atoms with E-state index in [0.29, 0.717) is 0 Å². The van der Waals surface area contributed by atoms with Crippen LogP contribution in [0.5, 0.6) is 0 Å². The number of carboxylic acid groups (broad SMARTS) is 1. The van der Waals surface area contributed by atoms with Crippen LogP contribution in [0.3, 0.4) is 0 Å². The van der Waals surface area contributed by atoms with E-state index in [1.54, 1.807) is 6.92 Å². The van der Waals surface area contributed by atoms with Crippen LogP contribution < -0.4 is 0 Å². The summed E-state index contributed by atoms with van der Waals surface area (Å²) in [6.45, 7) is 8.02. The smallest absolute Gasteiger partial charge is 0.303 e. The molecule has 0 spiro atoms. The molecule has 3 nitrogen and oxygen atoms in total. The van der Waals surface area contributed by atoms with Gasteiger partial charge in [0.1, 0.15) is 0 Å². The number of aliphatic hydroxyl groups is 1. The fourth-order valence-corrected chi connectivity index (χ4v) is 0.846. The lowest BCUT2D eigenvalue weighted by atomic mass is 10.1. The molecule has 0 bridgehead atoms. The summed E-state index contributed by atoms with van der Waals surface area (Å²) in [5, 5.41) is 16.3. The molecule has 0 unspecified atom stereocenters. The molecule has 3 heteroatoms. The highest BCUT2D eigenvalue weighted by atomic mass is 16.4. The second kappa shape index (κ2) is 12.0. The molecule has 0 atom stereocenters. The molecule has 0 aromatic rings. The van der Waals surface area contributed by atoms with Crippen LogP contribution >= 0.6 is 0 Å². The van der Waals surface area contributed by atoms with Crippen LogP contribution in [0.1, 0.15) is 47.0 Å². The van der Waals surface area contributed by atoms with Gasteiger partial charge in [-0.05, 0) is 33.6 Å². The van der Waals surface area contributed by atoms with Crippen molar-refractivity contribution in [2.45, 2.75) is 47.0 Å². The van der Waals surface area contributed by atoms with E-state index < -0.39 is 5.97 Å². The average Bonchev–Trinajstić information content (AvgIpc) is 2.18. The number of aliphatic hydroxyl groups excluding tert-OH is 1. The van der Waals surface area contributed by atoms with Gasteiger partial charge in [-0.1, -0.05) is 30.2 Å². The Labute approximate surface area is 98.5 Å². The first kappa shape index (κ1) is 17.3. The lowest BCUT2D eigenvalue weighted by Gasteiger charge is -1.96. The molecule has 0 heterocycles. The second-order valence-corrected chi connectivity index (χ2v) is 3.80. The van der Waals surface area contributed by atoms with E-state index in [1.165, 1.54) is 11.1 Å². The molecule has 0 aliphatic rings. The van der Waals surface area contributed by atoms with Gasteiger partial charge < -0.3 is 10.2 Å². The van der Waals surface area contributed by atoms with Gasteiger partial charge in [0.05, 0.1) is 6.61 Å². The normalized spacial score (nSPS) is 10.2. The minimum absolute atomic E-state index is 0.167. The number of hydrogen-bond donors (Lipinski definition) is 2. The summed E-state index contributed by atoms with van der Waals surface area (Å²) in [6, 6.07) is 0. The Hall–Kier alpha value is -1.09. The van der Waals surface area contributed by atoms with E-state index >= 15 is 0 Å². The molecule has 0 aliphatic heterocycles. The van der Waals surface area contributed by atoms with E-state index in [4.69, 9.17) is 10.2 Å². The van der Waals surface area contributed by atoms with Crippen molar-refractivity contribution in [3.8, 4) is 0 Å². The summed E-state index contributed by atoms with van der Waals surface area (Å²) in [5.41, 5.74) is 2.63. The van der Waals surface area contributed by atoms with Crippen molar-refractivity contribution in [3.05, 3.63) is 23.3 Å². The summed E-state index contributed by atoms with van der Waals surface area (Å²) in [6.07, 6.45) is 6.45. The molecule has 0 aliphatic carbocycles. The molecule has 0 saturated heterocycles. The molecule has 0 radical (unpaired) electrons. The summed E-state index contributed by atoms with van der Waals surface area (Å²) < 4.78 is 0. The first-order chi connectivity index (χ1) is 7.43. The summed E-state index contributed by atoms with van der Waals surface area (Å²) in [5.74, 6) is -0.745. The number of allylic oxidation sites excluding steroid dienone is 3. The summed E-state index contributed by atoms with van der Waals surface area (Å²) in [7, 11) is 0. The van der Waals surface area contributed by atoms with Crippen molar-refractivity contribution in [3.63, 3.8) is 0 Å². The van der Waals surface area contributed by atoms with E-state index in [0.717, 1.165) is 12.8 Å². The van der Waals surface area contributed by atoms with Crippen molar-refractivity contribution < 1.29 is 15.0 Å². The Morgan fingerprint density at radius 1 is 1.19 bits per heavy atom. The number of carbonyl (C=O) groups is 1. The maximum Gasteiger partial charge on any atom is 0.303 e. The van der Waals surface area contributed by atoms with E-state index in [2.05, 4.69) is 26.8 Å². The summed E-state index contributed by atoms with van der Waals surface area (Å²) in [4.78, 5) is 9.37. The Morgan fingerprint density at radius 3 is 2.00 bits per heavy atom. The molecule has 94 valence electrons. The van der Waals surface area contributed by atoms with Gasteiger partial charge in [-0.3, -0.25) is 4.79 Å². The van der Waals surface area contributed by atoms with E-state index in [9.17, 15) is 4.79 Å². The zero-order valence-electron chi connectivity index (χ0n) is 10.8. The van der Waals surface area contributed by atoms with Gasteiger partial charge in [-0.15, -0.1) is 0 Å². The molecule has 0 amide bonds. The van der Waals surface area contributed by atoms with Crippen molar-refractivity contribution >= 4 is 5.97 Å². The van der Waals surface area contributed by atoms with Gasteiger partial charge in [-0.2, -0.15) is 0 Å². The van der Waals surface area contributed by atoms with Gasteiger partial charge >= 0.3 is 5.97 Å². The fourth-order valence-electron chi connectivity index (χ4n) is 0.846. The minimum atomic E-state index is -0.745. The van der Waals surface area contributed by atoms with Crippen molar-refractivity contribution in [2.75, 3.05) is 6.61 Å². The fraction of sp³-hybridized carbons (Fsp3) is 0.615. The van der Waals surface area contributed by atoms with Crippen LogP contribution in [0.2, 0.25) is 0 Å². The third kappa shape index (κ3) is 18.6. The SMILES string of the molecule is CC(C)=CCCC(C)=CCO.CCC(=O)O. The number of aliphatic carboxylic acids is 1. The molecule has 0 saturated carbocycles. The van der Waals surface area contributed by atoms with Crippen molar-refractivity contribution in [1.82, 2.24) is 0 Å². The Kier molecular flexibility index (Phi) is 13.0. The highest BCUT2D eigenvalue weighted by Crippen LogP contribution is 2.05. The first-order valence-electron chi connectivity index (χ1n) is 5.55. The minimum Gasteiger partial charge on any atom is -0.481 e. The standard InChI is InChI=1S/C10H18O.C3H6O2/c1-9(2)5-4-6-10(3)7-8-11;1-2-3(4)5/h5,7,11H,4,6,8H2,1-3H3;2H2,1H3,(H,4,5). The molecule has 0 aromatic heterocycles. The maximum atomic E-state index is 9.37. The largest absolute Gasteiger partial charge is 0.481 e. The Bertz CT molecular complexity index is 236. The van der Waals surface area contributed by atoms with E-state index in [1.807, 2.05) is 6.08 Å². The number of rotatable bonds is 5. The molecule has 2 N–H and O–H groups in total. The van der Waals surface area contributed by atoms with E-state index in [-0.39, 0.29) is 13.0 Å². The number of hydrogen-bond acceptors (Lipinski definition) is 2. The highest BCUT2D eigenvalue weighted by Gasteiger charge is 1.86. The first-order valence-corrected chi connectivity index (χ1v) is 5.55. The topological polar surface area (TPSA) is 57.5 Å². The van der Waals surface area contributed by atoms with Gasteiger partial charge in [0.2, 0.25) is 0 Å². The van der Waals surface area contributed by atoms with Gasteiger partial charge in [-0.25, -0.2) is 0 Å². The summed E-state index contributed by atoms with van der Waals surface area (Å²) >= 11 is 0. The molecule has 0 fully saturated rings. The lowest BCUT2D eigenvalue weighted by Crippen LogP contribution is -1.86. The number of carboxylic acids is 1.